The molecular weight excluding hydrogens is 248 g/mol. The fourth-order valence-electron chi connectivity index (χ4n) is 2.59. The van der Waals surface area contributed by atoms with Crippen LogP contribution in [0.15, 0.2) is 10.6 Å². The lowest BCUT2D eigenvalue weighted by Gasteiger charge is -2.22. The molecule has 3 heteroatoms. The molecule has 0 saturated carbocycles. The molecule has 20 heavy (non-hydrogen) atoms. The number of oxazole rings is 1. The first kappa shape index (κ1) is 17.2. The van der Waals surface area contributed by atoms with Gasteiger partial charge in [-0.25, -0.2) is 4.98 Å². The summed E-state index contributed by atoms with van der Waals surface area (Å²) in [5, 5.41) is 3.71. The summed E-state index contributed by atoms with van der Waals surface area (Å²) in [5.41, 5.74) is 0. The highest BCUT2D eigenvalue weighted by Gasteiger charge is 2.16. The average Bonchev–Trinajstić information content (AvgIpc) is 2.86. The predicted molar refractivity (Wildman–Crippen MR) is 84.9 cm³/mol. The Morgan fingerprint density at radius 1 is 1.10 bits per heavy atom. The van der Waals surface area contributed by atoms with Gasteiger partial charge in [-0.05, 0) is 26.7 Å². The molecule has 1 heterocycles. The minimum absolute atomic E-state index is 0.206. The van der Waals surface area contributed by atoms with Crippen LogP contribution >= 0.6 is 0 Å². The van der Waals surface area contributed by atoms with Crippen molar-refractivity contribution in [2.24, 2.45) is 0 Å². The van der Waals surface area contributed by atoms with Crippen LogP contribution in [0.1, 0.15) is 89.8 Å². The van der Waals surface area contributed by atoms with Crippen molar-refractivity contribution >= 4 is 0 Å². The van der Waals surface area contributed by atoms with Crippen LogP contribution in [0.2, 0.25) is 0 Å². The number of aromatic nitrogens is 1. The highest BCUT2D eigenvalue weighted by Crippen LogP contribution is 2.17. The highest BCUT2D eigenvalue weighted by molar-refractivity contribution is 4.95. The number of rotatable bonds is 11. The Morgan fingerprint density at radius 2 is 1.70 bits per heavy atom. The van der Waals surface area contributed by atoms with Crippen LogP contribution in [-0.4, -0.2) is 11.0 Å². The number of hydrogen-bond donors (Lipinski definition) is 1. The molecule has 0 aliphatic carbocycles. The standard InChI is InChI=1S/C17H32N2O/c1-5-7-9-11-16(12-10-8-6-2)19-15(4)17-18-13-14(3)20-17/h13,15-16,19H,5-12H2,1-4H3. The van der Waals surface area contributed by atoms with Crippen LogP contribution in [0, 0.1) is 6.92 Å². The van der Waals surface area contributed by atoms with Crippen molar-refractivity contribution in [1.29, 1.82) is 0 Å². The molecule has 1 rings (SSSR count). The molecule has 1 atom stereocenters. The molecular formula is C17H32N2O. The van der Waals surface area contributed by atoms with Gasteiger partial charge in [0.15, 0.2) is 0 Å². The van der Waals surface area contributed by atoms with Crippen molar-refractivity contribution in [3.05, 3.63) is 17.8 Å². The molecule has 1 aromatic rings. The maximum Gasteiger partial charge on any atom is 0.211 e. The Kier molecular flexibility index (Phi) is 8.59. The van der Waals surface area contributed by atoms with Crippen LogP contribution in [0.25, 0.3) is 0 Å². The molecule has 1 unspecified atom stereocenters. The number of aryl methyl sites for hydroxylation is 1. The molecule has 0 bridgehead atoms. The molecule has 1 aromatic heterocycles. The Balaban J connectivity index is 2.44. The van der Waals surface area contributed by atoms with E-state index in [1.54, 1.807) is 6.20 Å². The normalized spacial score (nSPS) is 13.1. The minimum atomic E-state index is 0.206. The molecule has 0 aliphatic heterocycles. The second kappa shape index (κ2) is 9.98. The number of nitrogens with zero attached hydrogens (tertiary/aromatic N) is 1. The first-order valence-electron chi connectivity index (χ1n) is 8.35. The van der Waals surface area contributed by atoms with Crippen LogP contribution in [0.5, 0.6) is 0 Å². The zero-order valence-corrected chi connectivity index (χ0v) is 13.7. The topological polar surface area (TPSA) is 38.1 Å². The zero-order valence-electron chi connectivity index (χ0n) is 13.7. The summed E-state index contributed by atoms with van der Waals surface area (Å²) >= 11 is 0. The van der Waals surface area contributed by atoms with Gasteiger partial charge in [0.1, 0.15) is 5.76 Å². The van der Waals surface area contributed by atoms with Gasteiger partial charge < -0.3 is 9.73 Å². The van der Waals surface area contributed by atoms with Crippen LogP contribution in [0.3, 0.4) is 0 Å². The molecule has 0 aliphatic rings. The van der Waals surface area contributed by atoms with Gasteiger partial charge >= 0.3 is 0 Å². The molecule has 0 amide bonds. The minimum Gasteiger partial charge on any atom is -0.444 e. The highest BCUT2D eigenvalue weighted by atomic mass is 16.4. The second-order valence-corrected chi connectivity index (χ2v) is 5.89. The molecule has 0 fully saturated rings. The Labute approximate surface area is 124 Å². The fourth-order valence-corrected chi connectivity index (χ4v) is 2.59. The van der Waals surface area contributed by atoms with E-state index in [9.17, 15) is 0 Å². The van der Waals surface area contributed by atoms with Crippen LogP contribution in [0.4, 0.5) is 0 Å². The lowest BCUT2D eigenvalue weighted by molar-refractivity contribution is 0.338. The molecule has 1 N–H and O–H groups in total. The third-order valence-corrected chi connectivity index (χ3v) is 3.81. The summed E-state index contributed by atoms with van der Waals surface area (Å²) in [6.07, 6.45) is 12.2. The Hall–Kier alpha value is -0.830. The molecule has 116 valence electrons. The van der Waals surface area contributed by atoms with E-state index in [-0.39, 0.29) is 6.04 Å². The first-order chi connectivity index (χ1) is 9.67. The van der Waals surface area contributed by atoms with Crippen molar-refractivity contribution in [2.75, 3.05) is 0 Å². The Bertz CT molecular complexity index is 339. The smallest absolute Gasteiger partial charge is 0.211 e. The lowest BCUT2D eigenvalue weighted by atomic mass is 10.0. The van der Waals surface area contributed by atoms with Gasteiger partial charge in [0.25, 0.3) is 0 Å². The Morgan fingerprint density at radius 3 is 2.15 bits per heavy atom. The van der Waals surface area contributed by atoms with Gasteiger partial charge in [-0.2, -0.15) is 0 Å². The van der Waals surface area contributed by atoms with E-state index in [0.717, 1.165) is 11.7 Å². The van der Waals surface area contributed by atoms with Gasteiger partial charge in [0, 0.05) is 6.04 Å². The quantitative estimate of drug-likeness (QED) is 0.569. The van der Waals surface area contributed by atoms with Gasteiger partial charge in [0.2, 0.25) is 5.89 Å². The molecule has 3 nitrogen and oxygen atoms in total. The summed E-state index contributed by atoms with van der Waals surface area (Å²) < 4.78 is 5.62. The molecule has 0 radical (unpaired) electrons. The van der Waals surface area contributed by atoms with Crippen LogP contribution in [-0.2, 0) is 0 Å². The van der Waals surface area contributed by atoms with Crippen molar-refractivity contribution in [3.63, 3.8) is 0 Å². The summed E-state index contributed by atoms with van der Waals surface area (Å²) in [4.78, 5) is 4.33. The second-order valence-electron chi connectivity index (χ2n) is 5.89. The zero-order chi connectivity index (χ0) is 14.8. The predicted octanol–water partition coefficient (Wildman–Crippen LogP) is 5.16. The third-order valence-electron chi connectivity index (χ3n) is 3.81. The van der Waals surface area contributed by atoms with Crippen molar-refractivity contribution in [1.82, 2.24) is 10.3 Å². The van der Waals surface area contributed by atoms with Crippen molar-refractivity contribution in [3.8, 4) is 0 Å². The fraction of sp³-hybridized carbons (Fsp3) is 0.824. The lowest BCUT2D eigenvalue weighted by Crippen LogP contribution is -2.31. The van der Waals surface area contributed by atoms with E-state index in [4.69, 9.17) is 4.42 Å². The van der Waals surface area contributed by atoms with E-state index in [0.29, 0.717) is 6.04 Å². The van der Waals surface area contributed by atoms with Crippen molar-refractivity contribution < 1.29 is 4.42 Å². The summed E-state index contributed by atoms with van der Waals surface area (Å²) in [6, 6.07) is 0.798. The molecule has 0 spiro atoms. The summed E-state index contributed by atoms with van der Waals surface area (Å²) in [5.74, 6) is 1.71. The van der Waals surface area contributed by atoms with E-state index in [1.165, 1.54) is 51.4 Å². The van der Waals surface area contributed by atoms with Gasteiger partial charge in [0.05, 0.1) is 12.2 Å². The maximum absolute atomic E-state index is 5.62. The SMILES string of the molecule is CCCCCC(CCCCC)NC(C)c1ncc(C)o1. The molecule has 0 aromatic carbocycles. The number of nitrogens with one attached hydrogen (secondary N) is 1. The van der Waals surface area contributed by atoms with Gasteiger partial charge in [-0.15, -0.1) is 0 Å². The van der Waals surface area contributed by atoms with E-state index >= 15 is 0 Å². The van der Waals surface area contributed by atoms with E-state index in [2.05, 4.69) is 31.1 Å². The summed E-state index contributed by atoms with van der Waals surface area (Å²) in [6.45, 7) is 8.62. The van der Waals surface area contributed by atoms with Crippen molar-refractivity contribution in [2.45, 2.75) is 91.1 Å². The third kappa shape index (κ3) is 6.56. The van der Waals surface area contributed by atoms with E-state index < -0.39 is 0 Å². The van der Waals surface area contributed by atoms with Gasteiger partial charge in [-0.3, -0.25) is 0 Å². The van der Waals surface area contributed by atoms with Crippen LogP contribution < -0.4 is 5.32 Å². The first-order valence-corrected chi connectivity index (χ1v) is 8.35. The monoisotopic (exact) mass is 280 g/mol. The largest absolute Gasteiger partial charge is 0.444 e. The maximum atomic E-state index is 5.62. The molecule has 0 saturated heterocycles. The van der Waals surface area contributed by atoms with Gasteiger partial charge in [-0.1, -0.05) is 52.4 Å². The average molecular weight is 280 g/mol. The number of unbranched alkanes of at least 4 members (excludes halogenated alkanes) is 4. The summed E-state index contributed by atoms with van der Waals surface area (Å²) in [7, 11) is 0. The number of hydrogen-bond acceptors (Lipinski definition) is 3. The van der Waals surface area contributed by atoms with E-state index in [1.807, 2.05) is 6.92 Å².